The molecule has 0 bridgehead atoms. The summed E-state index contributed by atoms with van der Waals surface area (Å²) in [7, 11) is 0. The smallest absolute Gasteiger partial charge is 0.255 e. The van der Waals surface area contributed by atoms with E-state index in [0.717, 1.165) is 5.56 Å². The van der Waals surface area contributed by atoms with Gasteiger partial charge in [-0.3, -0.25) is 19.7 Å². The standard InChI is InChI=1S/C20H23N5O4/c1-11(2)17(26)8-12-9-25(23-22-12)15-5-3-4-13-14(15)10-24(20(13)29)16-6-7-18(27)21-19(16)28/h3-5,9,11,16-17,26H,6-8,10H2,1-2H3,(H,21,27,28). The van der Waals surface area contributed by atoms with E-state index in [2.05, 4.69) is 15.6 Å². The highest BCUT2D eigenvalue weighted by atomic mass is 16.3. The number of aliphatic hydroxyl groups is 1. The molecule has 2 unspecified atom stereocenters. The maximum atomic E-state index is 12.9. The Kier molecular flexibility index (Phi) is 4.91. The number of benzene rings is 1. The third-order valence-electron chi connectivity index (χ3n) is 5.53. The number of hydrogen-bond acceptors (Lipinski definition) is 6. The van der Waals surface area contributed by atoms with Gasteiger partial charge in [-0.25, -0.2) is 4.68 Å². The van der Waals surface area contributed by atoms with Gasteiger partial charge in [-0.05, 0) is 24.5 Å². The number of aromatic nitrogens is 3. The lowest BCUT2D eigenvalue weighted by atomic mass is 10.0. The van der Waals surface area contributed by atoms with Crippen LogP contribution in [0.15, 0.2) is 24.4 Å². The van der Waals surface area contributed by atoms with Gasteiger partial charge in [0.2, 0.25) is 11.8 Å². The Morgan fingerprint density at radius 3 is 2.79 bits per heavy atom. The lowest BCUT2D eigenvalue weighted by molar-refractivity contribution is -0.136. The first kappa shape index (κ1) is 19.3. The predicted octanol–water partition coefficient (Wildman–Crippen LogP) is 0.588. The average Bonchev–Trinajstić information content (AvgIpc) is 3.26. The van der Waals surface area contributed by atoms with Crippen LogP contribution < -0.4 is 5.32 Å². The number of carbonyl (C=O) groups is 3. The minimum Gasteiger partial charge on any atom is -0.392 e. The largest absolute Gasteiger partial charge is 0.392 e. The van der Waals surface area contributed by atoms with Gasteiger partial charge in [0.15, 0.2) is 0 Å². The quantitative estimate of drug-likeness (QED) is 0.713. The number of piperidine rings is 1. The summed E-state index contributed by atoms with van der Waals surface area (Å²) in [5, 5.41) is 20.7. The second kappa shape index (κ2) is 7.40. The van der Waals surface area contributed by atoms with Gasteiger partial charge in [0.25, 0.3) is 5.91 Å². The van der Waals surface area contributed by atoms with Crippen LogP contribution in [0.3, 0.4) is 0 Å². The molecule has 3 amide bonds. The average molecular weight is 397 g/mol. The summed E-state index contributed by atoms with van der Waals surface area (Å²) in [5.74, 6) is -0.864. The minimum absolute atomic E-state index is 0.112. The third kappa shape index (κ3) is 3.53. The molecule has 0 saturated carbocycles. The van der Waals surface area contributed by atoms with Crippen LogP contribution in [0.25, 0.3) is 5.69 Å². The molecule has 1 aromatic heterocycles. The predicted molar refractivity (Wildman–Crippen MR) is 102 cm³/mol. The van der Waals surface area contributed by atoms with Gasteiger partial charge in [-0.2, -0.15) is 0 Å². The Labute approximate surface area is 167 Å². The second-order valence-electron chi connectivity index (χ2n) is 7.87. The van der Waals surface area contributed by atoms with E-state index in [-0.39, 0.29) is 30.7 Å². The topological polar surface area (TPSA) is 117 Å². The number of rotatable bonds is 5. The lowest BCUT2D eigenvalue weighted by Gasteiger charge is -2.29. The summed E-state index contributed by atoms with van der Waals surface area (Å²) in [4.78, 5) is 38.1. The Hall–Kier alpha value is -3.07. The van der Waals surface area contributed by atoms with E-state index in [1.165, 1.54) is 4.90 Å². The molecule has 9 heteroatoms. The molecule has 1 aromatic carbocycles. The maximum Gasteiger partial charge on any atom is 0.255 e. The van der Waals surface area contributed by atoms with Crippen molar-refractivity contribution in [3.63, 3.8) is 0 Å². The number of fused-ring (bicyclic) bond motifs is 1. The highest BCUT2D eigenvalue weighted by Gasteiger charge is 2.40. The monoisotopic (exact) mass is 397 g/mol. The number of hydrogen-bond donors (Lipinski definition) is 2. The highest BCUT2D eigenvalue weighted by molar-refractivity contribution is 6.05. The van der Waals surface area contributed by atoms with E-state index in [1.807, 2.05) is 19.9 Å². The summed E-state index contributed by atoms with van der Waals surface area (Å²) in [6, 6.07) is 4.68. The number of amides is 3. The number of nitrogens with zero attached hydrogens (tertiary/aromatic N) is 4. The molecule has 2 aliphatic rings. The Morgan fingerprint density at radius 1 is 1.28 bits per heavy atom. The summed E-state index contributed by atoms with van der Waals surface area (Å²) in [5.41, 5.74) is 2.66. The molecule has 0 radical (unpaired) electrons. The zero-order valence-electron chi connectivity index (χ0n) is 16.3. The molecule has 29 heavy (non-hydrogen) atoms. The van der Waals surface area contributed by atoms with E-state index in [9.17, 15) is 19.5 Å². The van der Waals surface area contributed by atoms with Crippen LogP contribution >= 0.6 is 0 Å². The first-order chi connectivity index (χ1) is 13.8. The van der Waals surface area contributed by atoms with Crippen LogP contribution in [-0.2, 0) is 22.6 Å². The van der Waals surface area contributed by atoms with E-state index in [0.29, 0.717) is 29.8 Å². The summed E-state index contributed by atoms with van der Waals surface area (Å²) in [6.07, 6.45) is 2.18. The first-order valence-corrected chi connectivity index (χ1v) is 9.71. The molecule has 1 fully saturated rings. The molecule has 0 spiro atoms. The van der Waals surface area contributed by atoms with Gasteiger partial charge in [0.05, 0.1) is 23.7 Å². The summed E-state index contributed by atoms with van der Waals surface area (Å²) in [6.45, 7) is 4.14. The van der Waals surface area contributed by atoms with E-state index in [4.69, 9.17) is 0 Å². The van der Waals surface area contributed by atoms with Crippen molar-refractivity contribution in [1.82, 2.24) is 25.2 Å². The molecule has 2 aromatic rings. The van der Waals surface area contributed by atoms with Crippen LogP contribution in [0.5, 0.6) is 0 Å². The van der Waals surface area contributed by atoms with Crippen molar-refractivity contribution >= 4 is 17.7 Å². The van der Waals surface area contributed by atoms with Crippen molar-refractivity contribution in [1.29, 1.82) is 0 Å². The molecule has 4 rings (SSSR count). The molecule has 0 aliphatic carbocycles. The molecular weight excluding hydrogens is 374 g/mol. The fourth-order valence-electron chi connectivity index (χ4n) is 3.74. The van der Waals surface area contributed by atoms with Crippen LogP contribution in [0.2, 0.25) is 0 Å². The first-order valence-electron chi connectivity index (χ1n) is 9.71. The molecule has 2 N–H and O–H groups in total. The van der Waals surface area contributed by atoms with Crippen molar-refractivity contribution in [2.75, 3.05) is 0 Å². The van der Waals surface area contributed by atoms with Crippen LogP contribution in [-0.4, -0.2) is 54.9 Å². The van der Waals surface area contributed by atoms with Gasteiger partial charge in [0.1, 0.15) is 6.04 Å². The zero-order valence-corrected chi connectivity index (χ0v) is 16.3. The number of aliphatic hydroxyl groups excluding tert-OH is 1. The van der Waals surface area contributed by atoms with Gasteiger partial charge >= 0.3 is 0 Å². The zero-order chi connectivity index (χ0) is 20.7. The van der Waals surface area contributed by atoms with Crippen LogP contribution in [0, 0.1) is 5.92 Å². The van der Waals surface area contributed by atoms with Gasteiger partial charge in [0, 0.05) is 30.5 Å². The number of carbonyl (C=O) groups excluding carboxylic acids is 3. The number of nitrogens with one attached hydrogen (secondary N) is 1. The molecular formula is C20H23N5O4. The van der Waals surface area contributed by atoms with Gasteiger partial charge in [-0.1, -0.05) is 25.1 Å². The molecule has 9 nitrogen and oxygen atoms in total. The van der Waals surface area contributed by atoms with Crippen molar-refractivity contribution in [2.45, 2.75) is 51.8 Å². The summed E-state index contributed by atoms with van der Waals surface area (Å²) >= 11 is 0. The van der Waals surface area contributed by atoms with Crippen molar-refractivity contribution < 1.29 is 19.5 Å². The number of imide groups is 1. The normalized spacial score (nSPS) is 20.2. The molecule has 1 saturated heterocycles. The van der Waals surface area contributed by atoms with Gasteiger partial charge < -0.3 is 10.0 Å². The maximum absolute atomic E-state index is 12.9. The molecule has 2 aliphatic heterocycles. The van der Waals surface area contributed by atoms with Gasteiger partial charge in [-0.15, -0.1) is 5.10 Å². The van der Waals surface area contributed by atoms with Crippen molar-refractivity contribution in [2.24, 2.45) is 5.92 Å². The fourth-order valence-corrected chi connectivity index (χ4v) is 3.74. The van der Waals surface area contributed by atoms with E-state index in [1.54, 1.807) is 23.0 Å². The second-order valence-corrected chi connectivity index (χ2v) is 7.87. The van der Waals surface area contributed by atoms with E-state index < -0.39 is 18.1 Å². The molecule has 2 atom stereocenters. The Bertz CT molecular complexity index is 983. The van der Waals surface area contributed by atoms with E-state index >= 15 is 0 Å². The Balaban J connectivity index is 1.60. The van der Waals surface area contributed by atoms with Crippen molar-refractivity contribution in [3.8, 4) is 5.69 Å². The minimum atomic E-state index is -0.659. The van der Waals surface area contributed by atoms with Crippen molar-refractivity contribution in [3.05, 3.63) is 41.2 Å². The fraction of sp³-hybridized carbons (Fsp3) is 0.450. The Morgan fingerprint density at radius 2 is 2.07 bits per heavy atom. The van der Waals surface area contributed by atoms with Crippen LogP contribution in [0.4, 0.5) is 0 Å². The molecule has 3 heterocycles. The SMILES string of the molecule is CC(C)C(O)Cc1cn(-c2cccc3c2CN(C2CCC(=O)NC2=O)C3=O)nn1. The summed E-state index contributed by atoms with van der Waals surface area (Å²) < 4.78 is 1.60. The third-order valence-corrected chi connectivity index (χ3v) is 5.53. The van der Waals surface area contributed by atoms with Crippen LogP contribution in [0.1, 0.15) is 48.3 Å². The lowest BCUT2D eigenvalue weighted by Crippen LogP contribution is -2.52. The molecule has 152 valence electrons. The highest BCUT2D eigenvalue weighted by Crippen LogP contribution is 2.31.